The first-order valence-corrected chi connectivity index (χ1v) is 9.05. The number of halogens is 2. The zero-order chi connectivity index (χ0) is 18.4. The van der Waals surface area contributed by atoms with Gasteiger partial charge in [-0.1, -0.05) is 52.3 Å². The molecule has 0 saturated heterocycles. The fourth-order valence-electron chi connectivity index (χ4n) is 2.40. The maximum atomic E-state index is 13.7. The molecule has 0 aliphatic heterocycles. The normalized spacial score (nSPS) is 11.6. The first kappa shape index (κ1) is 18.1. The molecule has 3 aromatic rings. The lowest BCUT2D eigenvalue weighted by Crippen LogP contribution is -2.25. The summed E-state index contributed by atoms with van der Waals surface area (Å²) in [5, 5.41) is 2.81. The fraction of sp³-hybridized carbons (Fsp3) is 0.0952. The van der Waals surface area contributed by atoms with Crippen LogP contribution < -0.4 is 10.1 Å². The lowest BCUT2D eigenvalue weighted by molar-refractivity contribution is -0.115. The molecule has 1 unspecified atom stereocenters. The van der Waals surface area contributed by atoms with E-state index in [-0.39, 0.29) is 18.1 Å². The van der Waals surface area contributed by atoms with Crippen molar-refractivity contribution in [3.05, 3.63) is 90.2 Å². The van der Waals surface area contributed by atoms with Gasteiger partial charge in [-0.05, 0) is 54.4 Å². The van der Waals surface area contributed by atoms with Crippen LogP contribution in [0.15, 0.2) is 78.9 Å². The molecule has 132 valence electrons. The average Bonchev–Trinajstić information content (AvgIpc) is 2.66. The molecule has 1 N–H and O–H groups in total. The Balaban J connectivity index is 1.58. The molecule has 5 heteroatoms. The van der Waals surface area contributed by atoms with Crippen molar-refractivity contribution in [2.24, 2.45) is 0 Å². The van der Waals surface area contributed by atoms with E-state index in [9.17, 15) is 9.18 Å². The summed E-state index contributed by atoms with van der Waals surface area (Å²) in [5.41, 5.74) is 1.14. The second-order valence-electron chi connectivity index (χ2n) is 5.69. The van der Waals surface area contributed by atoms with Crippen molar-refractivity contribution >= 4 is 27.5 Å². The van der Waals surface area contributed by atoms with Crippen LogP contribution in [0.3, 0.4) is 0 Å². The van der Waals surface area contributed by atoms with E-state index in [4.69, 9.17) is 4.74 Å². The number of nitrogens with one attached hydrogen (secondary N) is 1. The molecule has 0 aromatic heterocycles. The Morgan fingerprint density at radius 1 is 0.923 bits per heavy atom. The highest BCUT2D eigenvalue weighted by Gasteiger charge is 2.17. The van der Waals surface area contributed by atoms with Gasteiger partial charge in [0, 0.05) is 5.69 Å². The molecular formula is C21H17BrFNO2. The summed E-state index contributed by atoms with van der Waals surface area (Å²) < 4.78 is 19.4. The van der Waals surface area contributed by atoms with E-state index in [2.05, 4.69) is 21.2 Å². The molecule has 3 rings (SSSR count). The van der Waals surface area contributed by atoms with Crippen molar-refractivity contribution in [3.8, 4) is 11.5 Å². The van der Waals surface area contributed by atoms with Crippen molar-refractivity contribution < 1.29 is 13.9 Å². The molecule has 0 heterocycles. The standard InChI is InChI=1S/C21H17BrFNO2/c22-19(14-15-6-4-5-9-20(15)23)21(25)24-16-10-12-18(13-11-16)26-17-7-2-1-3-8-17/h1-13,19H,14H2,(H,24,25). The molecular weight excluding hydrogens is 397 g/mol. The van der Waals surface area contributed by atoms with Crippen LogP contribution in [-0.2, 0) is 11.2 Å². The minimum Gasteiger partial charge on any atom is -0.457 e. The largest absolute Gasteiger partial charge is 0.457 e. The zero-order valence-corrected chi connectivity index (χ0v) is 15.4. The second-order valence-corrected chi connectivity index (χ2v) is 6.80. The van der Waals surface area contributed by atoms with Crippen LogP contribution in [-0.4, -0.2) is 10.7 Å². The molecule has 1 atom stereocenters. The SMILES string of the molecule is O=C(Nc1ccc(Oc2ccccc2)cc1)C(Br)Cc1ccccc1F. The molecule has 3 aromatic carbocycles. The number of amides is 1. The van der Waals surface area contributed by atoms with E-state index in [0.29, 0.717) is 17.0 Å². The summed E-state index contributed by atoms with van der Waals surface area (Å²) in [5.74, 6) is 0.878. The van der Waals surface area contributed by atoms with Crippen LogP contribution in [0.5, 0.6) is 11.5 Å². The Morgan fingerprint density at radius 2 is 1.54 bits per heavy atom. The van der Waals surface area contributed by atoms with Crippen LogP contribution in [0.25, 0.3) is 0 Å². The highest BCUT2D eigenvalue weighted by Crippen LogP contribution is 2.23. The van der Waals surface area contributed by atoms with Gasteiger partial charge in [0.2, 0.25) is 5.91 Å². The van der Waals surface area contributed by atoms with Crippen LogP contribution in [0.2, 0.25) is 0 Å². The monoisotopic (exact) mass is 413 g/mol. The van der Waals surface area contributed by atoms with Gasteiger partial charge in [-0.15, -0.1) is 0 Å². The first-order chi connectivity index (χ1) is 12.6. The van der Waals surface area contributed by atoms with Crippen molar-refractivity contribution in [1.82, 2.24) is 0 Å². The summed E-state index contributed by atoms with van der Waals surface area (Å²) in [6.07, 6.45) is 0.272. The molecule has 3 nitrogen and oxygen atoms in total. The van der Waals surface area contributed by atoms with Crippen LogP contribution in [0, 0.1) is 5.82 Å². The highest BCUT2D eigenvalue weighted by atomic mass is 79.9. The van der Waals surface area contributed by atoms with Gasteiger partial charge in [0.05, 0.1) is 4.83 Å². The van der Waals surface area contributed by atoms with E-state index >= 15 is 0 Å². The molecule has 0 radical (unpaired) electrons. The lowest BCUT2D eigenvalue weighted by Gasteiger charge is -2.12. The van der Waals surface area contributed by atoms with E-state index in [1.807, 2.05) is 30.3 Å². The number of benzene rings is 3. The predicted octanol–water partition coefficient (Wildman–Crippen LogP) is 5.56. The van der Waals surface area contributed by atoms with Crippen LogP contribution >= 0.6 is 15.9 Å². The number of hydrogen-bond donors (Lipinski definition) is 1. The van der Waals surface area contributed by atoms with Crippen molar-refractivity contribution in [1.29, 1.82) is 0 Å². The molecule has 1 amide bonds. The number of rotatable bonds is 6. The van der Waals surface area contributed by atoms with Crippen molar-refractivity contribution in [2.75, 3.05) is 5.32 Å². The number of anilines is 1. The minimum atomic E-state index is -0.528. The number of carbonyl (C=O) groups excluding carboxylic acids is 1. The molecule has 0 fully saturated rings. The van der Waals surface area contributed by atoms with Gasteiger partial charge in [0.15, 0.2) is 0 Å². The second kappa shape index (κ2) is 8.63. The predicted molar refractivity (Wildman–Crippen MR) is 104 cm³/mol. The van der Waals surface area contributed by atoms with E-state index < -0.39 is 4.83 Å². The third kappa shape index (κ3) is 4.92. The Kier molecular flexibility index (Phi) is 6.02. The number of para-hydroxylation sites is 1. The molecule has 0 spiro atoms. The Bertz CT molecular complexity index is 869. The quantitative estimate of drug-likeness (QED) is 0.536. The van der Waals surface area contributed by atoms with Gasteiger partial charge in [-0.3, -0.25) is 4.79 Å². The van der Waals surface area contributed by atoms with Crippen LogP contribution in [0.1, 0.15) is 5.56 Å². The van der Waals surface area contributed by atoms with Gasteiger partial charge in [0.25, 0.3) is 0 Å². The first-order valence-electron chi connectivity index (χ1n) is 8.13. The highest BCUT2D eigenvalue weighted by molar-refractivity contribution is 9.10. The number of ether oxygens (including phenoxy) is 1. The Morgan fingerprint density at radius 3 is 2.23 bits per heavy atom. The number of hydrogen-bond acceptors (Lipinski definition) is 2. The lowest BCUT2D eigenvalue weighted by atomic mass is 10.1. The third-order valence-corrected chi connectivity index (χ3v) is 4.48. The summed E-state index contributed by atoms with van der Waals surface area (Å²) in [6.45, 7) is 0. The maximum Gasteiger partial charge on any atom is 0.238 e. The smallest absolute Gasteiger partial charge is 0.238 e. The summed E-state index contributed by atoms with van der Waals surface area (Å²) in [7, 11) is 0. The van der Waals surface area contributed by atoms with Gasteiger partial charge >= 0.3 is 0 Å². The van der Waals surface area contributed by atoms with Crippen molar-refractivity contribution in [2.45, 2.75) is 11.2 Å². The van der Waals surface area contributed by atoms with E-state index in [1.165, 1.54) is 6.07 Å². The molecule has 0 bridgehead atoms. The van der Waals surface area contributed by atoms with Crippen molar-refractivity contribution in [3.63, 3.8) is 0 Å². The van der Waals surface area contributed by atoms with Gasteiger partial charge in [-0.25, -0.2) is 4.39 Å². The summed E-state index contributed by atoms with van der Waals surface area (Å²) in [4.78, 5) is 11.8. The third-order valence-electron chi connectivity index (χ3n) is 3.74. The number of carbonyl (C=O) groups is 1. The van der Waals surface area contributed by atoms with E-state index in [0.717, 1.165) is 5.75 Å². The van der Waals surface area contributed by atoms with Gasteiger partial charge < -0.3 is 10.1 Å². The summed E-state index contributed by atoms with van der Waals surface area (Å²) in [6, 6.07) is 23.0. The van der Waals surface area contributed by atoms with E-state index in [1.54, 1.807) is 42.5 Å². The van der Waals surface area contributed by atoms with Crippen LogP contribution in [0.4, 0.5) is 10.1 Å². The van der Waals surface area contributed by atoms with Gasteiger partial charge in [0.1, 0.15) is 17.3 Å². The summed E-state index contributed by atoms with van der Waals surface area (Å²) >= 11 is 3.33. The Hall–Kier alpha value is -2.66. The Labute approximate surface area is 159 Å². The fourth-order valence-corrected chi connectivity index (χ4v) is 2.86. The molecule has 0 aliphatic rings. The topological polar surface area (TPSA) is 38.3 Å². The average molecular weight is 414 g/mol. The minimum absolute atomic E-state index is 0.231. The molecule has 0 saturated carbocycles. The maximum absolute atomic E-state index is 13.7. The molecule has 26 heavy (non-hydrogen) atoms. The van der Waals surface area contributed by atoms with Gasteiger partial charge in [-0.2, -0.15) is 0 Å². The molecule has 0 aliphatic carbocycles. The zero-order valence-electron chi connectivity index (χ0n) is 13.9. The number of alkyl halides is 1.